The number of hydrogen-bond donors (Lipinski definition) is 1. The second kappa shape index (κ2) is 15.9. The van der Waals surface area contributed by atoms with Gasteiger partial charge in [-0.05, 0) is 12.3 Å². The van der Waals surface area contributed by atoms with Gasteiger partial charge in [-0.25, -0.2) is 0 Å². The minimum atomic E-state index is 0.621. The summed E-state index contributed by atoms with van der Waals surface area (Å²) in [5.74, 6) is 0.833. The van der Waals surface area contributed by atoms with Crippen LogP contribution in [0.2, 0.25) is 0 Å². The third kappa shape index (κ3) is 31.8. The van der Waals surface area contributed by atoms with Gasteiger partial charge in [0.05, 0.1) is 6.61 Å². The van der Waals surface area contributed by atoms with Crippen molar-refractivity contribution in [1.82, 2.24) is 5.32 Å². The SMILES string of the molecule is CC(C)C.CCCCCOCCNC=O. The van der Waals surface area contributed by atoms with E-state index >= 15 is 0 Å². The first-order valence-corrected chi connectivity index (χ1v) is 5.89. The van der Waals surface area contributed by atoms with Crippen molar-refractivity contribution in [3.63, 3.8) is 0 Å². The predicted molar refractivity (Wildman–Crippen MR) is 64.9 cm³/mol. The molecule has 0 spiro atoms. The Labute approximate surface area is 94.6 Å². The molecule has 3 nitrogen and oxygen atoms in total. The van der Waals surface area contributed by atoms with Crippen molar-refractivity contribution in [3.8, 4) is 0 Å². The van der Waals surface area contributed by atoms with Crippen molar-refractivity contribution in [2.24, 2.45) is 5.92 Å². The number of carbonyl (C=O) groups is 1. The summed E-state index contributed by atoms with van der Waals surface area (Å²) >= 11 is 0. The molecule has 0 fully saturated rings. The van der Waals surface area contributed by atoms with Crippen LogP contribution in [0.25, 0.3) is 0 Å². The Morgan fingerprint density at radius 1 is 1.20 bits per heavy atom. The Kier molecular flexibility index (Phi) is 17.8. The number of unbranched alkanes of at least 4 members (excludes halogenated alkanes) is 2. The molecule has 0 aliphatic rings. The number of carbonyl (C=O) groups excluding carboxylic acids is 1. The lowest BCUT2D eigenvalue weighted by Gasteiger charge is -2.01. The summed E-state index contributed by atoms with van der Waals surface area (Å²) in [6, 6.07) is 0. The van der Waals surface area contributed by atoms with Crippen molar-refractivity contribution in [2.45, 2.75) is 47.0 Å². The molecule has 0 rings (SSSR count). The summed E-state index contributed by atoms with van der Waals surface area (Å²) in [6.07, 6.45) is 4.25. The highest BCUT2D eigenvalue weighted by Gasteiger charge is 1.87. The van der Waals surface area contributed by atoms with E-state index in [2.05, 4.69) is 33.0 Å². The average molecular weight is 217 g/mol. The fourth-order valence-electron chi connectivity index (χ4n) is 0.746. The van der Waals surface area contributed by atoms with Crippen molar-refractivity contribution < 1.29 is 9.53 Å². The molecule has 0 aromatic rings. The quantitative estimate of drug-likeness (QED) is 0.501. The smallest absolute Gasteiger partial charge is 0.207 e. The highest BCUT2D eigenvalue weighted by atomic mass is 16.5. The third-order valence-corrected chi connectivity index (χ3v) is 1.37. The molecule has 0 bridgehead atoms. The molecule has 0 saturated carbocycles. The maximum Gasteiger partial charge on any atom is 0.207 e. The van der Waals surface area contributed by atoms with Gasteiger partial charge in [-0.1, -0.05) is 40.5 Å². The number of nitrogens with one attached hydrogen (secondary N) is 1. The molecule has 1 amide bonds. The maximum atomic E-state index is 9.77. The molecule has 0 saturated heterocycles. The standard InChI is InChI=1S/C8H17NO2.C4H10/c1-2-3-4-6-11-7-5-9-8-10;1-4(2)3/h8H,2-7H2,1H3,(H,9,10);4H,1-3H3. The molecule has 0 radical (unpaired) electrons. The molecule has 0 heterocycles. The van der Waals surface area contributed by atoms with Crippen molar-refractivity contribution in [2.75, 3.05) is 19.8 Å². The van der Waals surface area contributed by atoms with Gasteiger partial charge in [0.2, 0.25) is 6.41 Å². The van der Waals surface area contributed by atoms with Gasteiger partial charge in [0.25, 0.3) is 0 Å². The zero-order valence-electron chi connectivity index (χ0n) is 10.7. The van der Waals surface area contributed by atoms with Crippen LogP contribution in [0.4, 0.5) is 0 Å². The lowest BCUT2D eigenvalue weighted by atomic mass is 10.3. The zero-order valence-corrected chi connectivity index (χ0v) is 10.7. The van der Waals surface area contributed by atoms with Gasteiger partial charge >= 0.3 is 0 Å². The highest BCUT2D eigenvalue weighted by Crippen LogP contribution is 1.93. The van der Waals surface area contributed by atoms with Crippen molar-refractivity contribution >= 4 is 6.41 Å². The highest BCUT2D eigenvalue weighted by molar-refractivity contribution is 5.45. The molecule has 0 atom stereocenters. The lowest BCUT2D eigenvalue weighted by molar-refractivity contribution is -0.109. The van der Waals surface area contributed by atoms with Crippen LogP contribution < -0.4 is 5.32 Å². The first-order chi connectivity index (χ1) is 7.15. The van der Waals surface area contributed by atoms with Crippen LogP contribution in [0, 0.1) is 5.92 Å². The number of ether oxygens (including phenoxy) is 1. The number of rotatable bonds is 8. The number of amides is 1. The lowest BCUT2D eigenvalue weighted by Crippen LogP contribution is -2.17. The zero-order chi connectivity index (χ0) is 11.9. The summed E-state index contributed by atoms with van der Waals surface area (Å²) in [5, 5.41) is 2.53. The van der Waals surface area contributed by atoms with E-state index in [1.54, 1.807) is 0 Å². The molecule has 92 valence electrons. The number of hydrogen-bond acceptors (Lipinski definition) is 2. The normalized spacial score (nSPS) is 9.40. The molecule has 0 unspecified atom stereocenters. The van der Waals surface area contributed by atoms with Crippen LogP contribution >= 0.6 is 0 Å². The molecule has 0 aliphatic carbocycles. The monoisotopic (exact) mass is 217 g/mol. The van der Waals surface area contributed by atoms with Crippen LogP contribution in [0.15, 0.2) is 0 Å². The first-order valence-electron chi connectivity index (χ1n) is 5.89. The minimum absolute atomic E-state index is 0.621. The largest absolute Gasteiger partial charge is 0.380 e. The van der Waals surface area contributed by atoms with Gasteiger partial charge in [0.1, 0.15) is 0 Å². The maximum absolute atomic E-state index is 9.77. The van der Waals surface area contributed by atoms with Crippen LogP contribution in [0.5, 0.6) is 0 Å². The molecule has 0 aliphatic heterocycles. The van der Waals surface area contributed by atoms with Crippen LogP contribution in [0.1, 0.15) is 47.0 Å². The molecule has 1 N–H and O–H groups in total. The van der Waals surface area contributed by atoms with E-state index in [0.717, 1.165) is 18.9 Å². The van der Waals surface area contributed by atoms with E-state index in [0.29, 0.717) is 19.6 Å². The third-order valence-electron chi connectivity index (χ3n) is 1.37. The first kappa shape index (κ1) is 16.8. The van der Waals surface area contributed by atoms with E-state index in [9.17, 15) is 4.79 Å². The van der Waals surface area contributed by atoms with E-state index in [-0.39, 0.29) is 0 Å². The van der Waals surface area contributed by atoms with E-state index < -0.39 is 0 Å². The summed E-state index contributed by atoms with van der Waals surface area (Å²) < 4.78 is 5.22. The Balaban J connectivity index is 0. The van der Waals surface area contributed by atoms with Crippen molar-refractivity contribution in [3.05, 3.63) is 0 Å². The average Bonchev–Trinajstić information content (AvgIpc) is 2.16. The second-order valence-electron chi connectivity index (χ2n) is 4.12. The van der Waals surface area contributed by atoms with Gasteiger partial charge in [0, 0.05) is 13.2 Å². The van der Waals surface area contributed by atoms with E-state index in [4.69, 9.17) is 4.74 Å². The van der Waals surface area contributed by atoms with Gasteiger partial charge < -0.3 is 10.1 Å². The molecular weight excluding hydrogens is 190 g/mol. The Morgan fingerprint density at radius 2 is 1.80 bits per heavy atom. The Morgan fingerprint density at radius 3 is 2.27 bits per heavy atom. The summed E-state index contributed by atoms with van der Waals surface area (Å²) in [4.78, 5) is 9.77. The molecule has 0 aromatic heterocycles. The van der Waals surface area contributed by atoms with E-state index in [1.807, 2.05) is 0 Å². The molecule has 0 aromatic carbocycles. The molecular formula is C12H27NO2. The van der Waals surface area contributed by atoms with Crippen LogP contribution in [-0.2, 0) is 9.53 Å². The predicted octanol–water partition coefficient (Wildman–Crippen LogP) is 2.60. The fraction of sp³-hybridized carbons (Fsp3) is 0.917. The van der Waals surface area contributed by atoms with Gasteiger partial charge in [-0.15, -0.1) is 0 Å². The summed E-state index contributed by atoms with van der Waals surface area (Å²) in [6.45, 7) is 10.7. The molecule has 3 heteroatoms. The van der Waals surface area contributed by atoms with Gasteiger partial charge in [-0.3, -0.25) is 4.79 Å². The summed E-state index contributed by atoms with van der Waals surface area (Å²) in [5.41, 5.74) is 0. The van der Waals surface area contributed by atoms with E-state index in [1.165, 1.54) is 12.8 Å². The molecule has 15 heavy (non-hydrogen) atoms. The summed E-state index contributed by atoms with van der Waals surface area (Å²) in [7, 11) is 0. The minimum Gasteiger partial charge on any atom is -0.380 e. The Bertz CT molecular complexity index is 113. The van der Waals surface area contributed by atoms with Gasteiger partial charge in [0.15, 0.2) is 0 Å². The topological polar surface area (TPSA) is 38.3 Å². The Hall–Kier alpha value is -0.570. The van der Waals surface area contributed by atoms with Gasteiger partial charge in [-0.2, -0.15) is 0 Å². The van der Waals surface area contributed by atoms with Crippen LogP contribution in [-0.4, -0.2) is 26.2 Å². The second-order valence-corrected chi connectivity index (χ2v) is 4.12. The van der Waals surface area contributed by atoms with Crippen LogP contribution in [0.3, 0.4) is 0 Å². The fourth-order valence-corrected chi connectivity index (χ4v) is 0.746. The van der Waals surface area contributed by atoms with Crippen molar-refractivity contribution in [1.29, 1.82) is 0 Å².